The zero-order valence-corrected chi connectivity index (χ0v) is 19.9. The van der Waals surface area contributed by atoms with Crippen molar-refractivity contribution in [3.05, 3.63) is 35.9 Å². The summed E-state index contributed by atoms with van der Waals surface area (Å²) in [6.07, 6.45) is -8.22. The molecule has 1 N–H and O–H groups in total. The van der Waals surface area contributed by atoms with Crippen LogP contribution in [-0.2, 0) is 20.8 Å². The number of ether oxygens (including phenoxy) is 3. The van der Waals surface area contributed by atoms with E-state index >= 15 is 0 Å². The molecule has 184 valence electrons. The van der Waals surface area contributed by atoms with Gasteiger partial charge in [0, 0.05) is 13.5 Å². The molecule has 0 bridgehead atoms. The van der Waals surface area contributed by atoms with Crippen molar-refractivity contribution in [2.45, 2.75) is 81.8 Å². The average Bonchev–Trinajstić information content (AvgIpc) is 3.12. The van der Waals surface area contributed by atoms with Gasteiger partial charge in [0.25, 0.3) is 0 Å². The number of nitrogens with zero attached hydrogens (tertiary/aromatic N) is 2. The summed E-state index contributed by atoms with van der Waals surface area (Å²) in [7, 11) is 1.48. The first-order chi connectivity index (χ1) is 15.2. The molecular formula is C22H29F3N2O5S. The maximum absolute atomic E-state index is 13.7. The van der Waals surface area contributed by atoms with Gasteiger partial charge in [-0.15, -0.1) is 0 Å². The Bertz CT molecular complexity index is 873. The number of carbonyl (C=O) groups is 1. The standard InChI is InChI=1S/C22H29F3N2O5S/c1-20(2,3)32-19(28)27(5)18-26-14-11-15(30-12-13-9-7-6-8-10-13)16(31-17(14)33-18)21(4,29)22(23,24)25/h6-10,14-17,29H,11-12H2,1-5H3/t14-,15+,16+,17-,21-/m1/s1. The highest BCUT2D eigenvalue weighted by Gasteiger charge is 2.61. The Hall–Kier alpha value is -1.82. The number of benzene rings is 1. The van der Waals surface area contributed by atoms with Gasteiger partial charge in [0.2, 0.25) is 0 Å². The quantitative estimate of drug-likeness (QED) is 0.677. The van der Waals surface area contributed by atoms with Gasteiger partial charge >= 0.3 is 12.3 Å². The fourth-order valence-corrected chi connectivity index (χ4v) is 4.60. The molecule has 7 nitrogen and oxygen atoms in total. The molecular weight excluding hydrogens is 461 g/mol. The Kier molecular flexibility index (Phi) is 7.38. The van der Waals surface area contributed by atoms with Gasteiger partial charge in [0.05, 0.1) is 18.8 Å². The molecule has 33 heavy (non-hydrogen) atoms. The second-order valence-electron chi connectivity index (χ2n) is 9.28. The third-order valence-electron chi connectivity index (χ3n) is 5.29. The van der Waals surface area contributed by atoms with Gasteiger partial charge in [-0.3, -0.25) is 9.89 Å². The number of halogens is 3. The number of carbonyl (C=O) groups excluding carboxylic acids is 1. The van der Waals surface area contributed by atoms with E-state index < -0.39 is 47.2 Å². The van der Waals surface area contributed by atoms with Gasteiger partial charge in [0.15, 0.2) is 10.8 Å². The van der Waals surface area contributed by atoms with E-state index in [2.05, 4.69) is 4.99 Å². The van der Waals surface area contributed by atoms with Gasteiger partial charge in [-0.2, -0.15) is 13.2 Å². The van der Waals surface area contributed by atoms with Crippen LogP contribution in [-0.4, -0.2) is 69.4 Å². The Morgan fingerprint density at radius 3 is 2.45 bits per heavy atom. The molecule has 1 aromatic rings. The van der Waals surface area contributed by atoms with E-state index in [1.807, 2.05) is 6.07 Å². The number of thioether (sulfide) groups is 1. The molecule has 1 fully saturated rings. The Morgan fingerprint density at radius 2 is 1.88 bits per heavy atom. The number of fused-ring (bicyclic) bond motifs is 1. The van der Waals surface area contributed by atoms with Crippen LogP contribution in [0.3, 0.4) is 0 Å². The molecule has 5 atom stereocenters. The summed E-state index contributed by atoms with van der Waals surface area (Å²) in [4.78, 5) is 18.1. The maximum atomic E-state index is 13.7. The third kappa shape index (κ3) is 6.00. The minimum absolute atomic E-state index is 0.0538. The van der Waals surface area contributed by atoms with Crippen LogP contribution in [0.4, 0.5) is 18.0 Å². The maximum Gasteiger partial charge on any atom is 0.419 e. The normalized spacial score (nSPS) is 27.4. The minimum Gasteiger partial charge on any atom is -0.443 e. The summed E-state index contributed by atoms with van der Waals surface area (Å²) in [6.45, 7) is 5.92. The van der Waals surface area contributed by atoms with E-state index in [0.717, 1.165) is 17.3 Å². The molecule has 0 aromatic heterocycles. The van der Waals surface area contributed by atoms with Crippen molar-refractivity contribution in [1.29, 1.82) is 0 Å². The topological polar surface area (TPSA) is 80.6 Å². The fraction of sp³-hybridized carbons (Fsp3) is 0.636. The van der Waals surface area contributed by atoms with Crippen molar-refractivity contribution in [2.75, 3.05) is 7.05 Å². The molecule has 2 aliphatic rings. The number of amides is 1. The second-order valence-corrected chi connectivity index (χ2v) is 10.3. The van der Waals surface area contributed by atoms with Crippen LogP contribution in [0.2, 0.25) is 0 Å². The second kappa shape index (κ2) is 9.44. The summed E-state index contributed by atoms with van der Waals surface area (Å²) < 4.78 is 57.9. The van der Waals surface area contributed by atoms with Crippen LogP contribution in [0.1, 0.15) is 39.7 Å². The van der Waals surface area contributed by atoms with Gasteiger partial charge in [-0.05, 0) is 33.3 Å². The number of aliphatic imine (C=N–C) groups is 1. The molecule has 0 spiro atoms. The molecule has 1 amide bonds. The highest BCUT2D eigenvalue weighted by atomic mass is 32.2. The summed E-state index contributed by atoms with van der Waals surface area (Å²) in [5, 5.41) is 10.7. The van der Waals surface area contributed by atoms with E-state index in [1.54, 1.807) is 45.0 Å². The number of hydrogen-bond donors (Lipinski definition) is 1. The van der Waals surface area contributed by atoms with Crippen molar-refractivity contribution >= 4 is 23.0 Å². The first-order valence-electron chi connectivity index (χ1n) is 10.5. The fourth-order valence-electron chi connectivity index (χ4n) is 3.45. The molecule has 0 unspecified atom stereocenters. The van der Waals surface area contributed by atoms with Gasteiger partial charge in [-0.25, -0.2) is 4.79 Å². The summed E-state index contributed by atoms with van der Waals surface area (Å²) >= 11 is 1.02. The average molecular weight is 491 g/mol. The summed E-state index contributed by atoms with van der Waals surface area (Å²) in [6, 6.07) is 8.46. The lowest BCUT2D eigenvalue weighted by atomic mass is 9.88. The molecule has 0 radical (unpaired) electrons. The lowest BCUT2D eigenvalue weighted by molar-refractivity contribution is -0.313. The first-order valence-corrected chi connectivity index (χ1v) is 11.4. The van der Waals surface area contributed by atoms with Gasteiger partial charge in [-0.1, -0.05) is 42.1 Å². The van der Waals surface area contributed by atoms with Crippen LogP contribution in [0.15, 0.2) is 35.3 Å². The third-order valence-corrected chi connectivity index (χ3v) is 6.54. The van der Waals surface area contributed by atoms with Gasteiger partial charge in [0.1, 0.15) is 17.1 Å². The molecule has 2 heterocycles. The molecule has 0 aliphatic carbocycles. The van der Waals surface area contributed by atoms with Crippen molar-refractivity contribution < 1.29 is 37.3 Å². The number of hydrogen-bond acceptors (Lipinski definition) is 7. The highest BCUT2D eigenvalue weighted by Crippen LogP contribution is 2.45. The number of aliphatic hydroxyl groups is 1. The highest BCUT2D eigenvalue weighted by molar-refractivity contribution is 8.14. The Morgan fingerprint density at radius 1 is 1.24 bits per heavy atom. The minimum atomic E-state index is -4.93. The van der Waals surface area contributed by atoms with Crippen molar-refractivity contribution in [3.63, 3.8) is 0 Å². The van der Waals surface area contributed by atoms with E-state index in [9.17, 15) is 23.1 Å². The molecule has 3 rings (SSSR count). The molecule has 2 aliphatic heterocycles. The van der Waals surface area contributed by atoms with Crippen molar-refractivity contribution in [2.24, 2.45) is 4.99 Å². The zero-order chi connectivity index (χ0) is 24.6. The molecule has 11 heteroatoms. The number of amidine groups is 1. The van der Waals surface area contributed by atoms with E-state index in [0.29, 0.717) is 6.92 Å². The monoisotopic (exact) mass is 490 g/mol. The van der Waals surface area contributed by atoms with Crippen LogP contribution < -0.4 is 0 Å². The van der Waals surface area contributed by atoms with Crippen LogP contribution >= 0.6 is 11.8 Å². The summed E-state index contributed by atoms with van der Waals surface area (Å²) in [5.74, 6) is 0. The first kappa shape index (κ1) is 25.8. The van der Waals surface area contributed by atoms with Crippen molar-refractivity contribution in [1.82, 2.24) is 4.90 Å². The molecule has 0 saturated carbocycles. The van der Waals surface area contributed by atoms with Crippen LogP contribution in [0.5, 0.6) is 0 Å². The van der Waals surface area contributed by atoms with E-state index in [-0.39, 0.29) is 18.2 Å². The van der Waals surface area contributed by atoms with Crippen LogP contribution in [0, 0.1) is 0 Å². The Balaban J connectivity index is 1.79. The molecule has 1 saturated heterocycles. The predicted molar refractivity (Wildman–Crippen MR) is 118 cm³/mol. The van der Waals surface area contributed by atoms with Crippen molar-refractivity contribution in [3.8, 4) is 0 Å². The molecule has 1 aromatic carbocycles. The largest absolute Gasteiger partial charge is 0.443 e. The Labute approximate surface area is 195 Å². The number of alkyl halides is 3. The lowest BCUT2D eigenvalue weighted by Gasteiger charge is -2.44. The predicted octanol–water partition coefficient (Wildman–Crippen LogP) is 4.34. The number of rotatable bonds is 4. The SMILES string of the molecule is CN(C(=O)OC(C)(C)C)C1=N[C@@H]2C[C@H](OCc3ccccc3)[C@@H]([C@@](C)(O)C(F)(F)F)O[C@@H]2S1. The van der Waals surface area contributed by atoms with E-state index in [4.69, 9.17) is 14.2 Å². The van der Waals surface area contributed by atoms with Crippen LogP contribution in [0.25, 0.3) is 0 Å². The summed E-state index contributed by atoms with van der Waals surface area (Å²) in [5.41, 5.74) is -3.88. The lowest BCUT2D eigenvalue weighted by Crippen LogP contribution is -2.62. The smallest absolute Gasteiger partial charge is 0.419 e. The van der Waals surface area contributed by atoms with E-state index in [1.165, 1.54) is 11.9 Å². The van der Waals surface area contributed by atoms with Gasteiger partial charge < -0.3 is 19.3 Å². The zero-order valence-electron chi connectivity index (χ0n) is 19.1.